The number of aliphatic hydroxyl groups excluding tert-OH is 1. The molecule has 0 radical (unpaired) electrons. The van der Waals surface area contributed by atoms with Crippen molar-refractivity contribution in [2.24, 2.45) is 5.41 Å². The average Bonchev–Trinajstić information content (AvgIpc) is 3.19. The minimum atomic E-state index is -0.238. The van der Waals surface area contributed by atoms with Gasteiger partial charge in [0.05, 0.1) is 0 Å². The Hall–Kier alpha value is -1.07. The third-order valence-corrected chi connectivity index (χ3v) is 4.73. The van der Waals surface area contributed by atoms with E-state index < -0.39 is 0 Å². The monoisotopic (exact) mass is 297 g/mol. The number of nitrogens with one attached hydrogen (secondary N) is 1. The largest absolute Gasteiger partial charge is 0.396 e. The highest BCUT2D eigenvalue weighted by Gasteiger charge is 2.41. The Labute approximate surface area is 123 Å². The Balaban J connectivity index is 1.65. The van der Waals surface area contributed by atoms with E-state index in [4.69, 9.17) is 5.11 Å². The van der Waals surface area contributed by atoms with E-state index in [9.17, 15) is 9.18 Å². The Morgan fingerprint density at radius 3 is 2.80 bits per heavy atom. The second-order valence-electron chi connectivity index (χ2n) is 5.28. The van der Waals surface area contributed by atoms with Gasteiger partial charge in [-0.1, -0.05) is 12.1 Å². The van der Waals surface area contributed by atoms with Gasteiger partial charge >= 0.3 is 0 Å². The van der Waals surface area contributed by atoms with Crippen molar-refractivity contribution in [3.05, 3.63) is 30.1 Å². The van der Waals surface area contributed by atoms with Crippen molar-refractivity contribution in [3.63, 3.8) is 0 Å². The van der Waals surface area contributed by atoms with Crippen LogP contribution in [0.5, 0.6) is 0 Å². The number of rotatable bonds is 8. The molecule has 2 N–H and O–H groups in total. The van der Waals surface area contributed by atoms with Gasteiger partial charge in [-0.3, -0.25) is 4.79 Å². The first-order valence-electron chi connectivity index (χ1n) is 6.90. The lowest BCUT2D eigenvalue weighted by Gasteiger charge is -2.14. The molecule has 0 heterocycles. The summed E-state index contributed by atoms with van der Waals surface area (Å²) in [5, 5.41) is 11.9. The average molecular weight is 297 g/mol. The summed E-state index contributed by atoms with van der Waals surface area (Å²) in [6, 6.07) is 6.59. The van der Waals surface area contributed by atoms with E-state index in [1.165, 1.54) is 17.8 Å². The first-order valence-corrected chi connectivity index (χ1v) is 7.89. The molecule has 3 nitrogen and oxygen atoms in total. The van der Waals surface area contributed by atoms with Crippen LogP contribution >= 0.6 is 11.8 Å². The van der Waals surface area contributed by atoms with Crippen molar-refractivity contribution in [2.45, 2.75) is 30.6 Å². The fourth-order valence-electron chi connectivity index (χ4n) is 2.12. The first kappa shape index (κ1) is 15.3. The molecule has 20 heavy (non-hydrogen) atoms. The zero-order valence-electron chi connectivity index (χ0n) is 11.4. The lowest BCUT2D eigenvalue weighted by atomic mass is 10.0. The standard InChI is InChI=1S/C15H20FNO2S/c16-12-3-1-2-4-13(12)20-10-5-14(19)17-11-15(6-7-15)8-9-18/h1-4,18H,5-11H2,(H,17,19). The predicted octanol–water partition coefficient (Wildman–Crippen LogP) is 2.59. The Bertz CT molecular complexity index is 463. The maximum atomic E-state index is 13.4. The van der Waals surface area contributed by atoms with Crippen molar-refractivity contribution < 1.29 is 14.3 Å². The van der Waals surface area contributed by atoms with Gasteiger partial charge in [-0.05, 0) is 36.8 Å². The van der Waals surface area contributed by atoms with E-state index >= 15 is 0 Å². The molecule has 2 rings (SSSR count). The summed E-state index contributed by atoms with van der Waals surface area (Å²) in [4.78, 5) is 12.3. The number of carbonyl (C=O) groups is 1. The summed E-state index contributed by atoms with van der Waals surface area (Å²) in [5.74, 6) is 0.329. The summed E-state index contributed by atoms with van der Waals surface area (Å²) in [6.45, 7) is 0.829. The van der Waals surface area contributed by atoms with E-state index in [0.717, 1.165) is 19.3 Å². The normalized spacial score (nSPS) is 15.9. The third-order valence-electron chi connectivity index (χ3n) is 3.68. The molecule has 1 saturated carbocycles. The van der Waals surface area contributed by atoms with Crippen LogP contribution in [0, 0.1) is 11.2 Å². The van der Waals surface area contributed by atoms with Gasteiger partial charge < -0.3 is 10.4 Å². The molecule has 1 aliphatic carbocycles. The van der Waals surface area contributed by atoms with Crippen molar-refractivity contribution in [2.75, 3.05) is 18.9 Å². The highest BCUT2D eigenvalue weighted by atomic mass is 32.2. The Morgan fingerprint density at radius 1 is 1.40 bits per heavy atom. The molecular weight excluding hydrogens is 277 g/mol. The van der Waals surface area contributed by atoms with Crippen LogP contribution in [-0.4, -0.2) is 29.9 Å². The maximum absolute atomic E-state index is 13.4. The van der Waals surface area contributed by atoms with Crippen LogP contribution in [0.15, 0.2) is 29.2 Å². The smallest absolute Gasteiger partial charge is 0.220 e. The molecule has 0 aromatic heterocycles. The Kier molecular flexibility index (Phi) is 5.43. The van der Waals surface area contributed by atoms with E-state index in [2.05, 4.69) is 5.32 Å². The number of hydrogen-bond donors (Lipinski definition) is 2. The van der Waals surface area contributed by atoms with E-state index in [-0.39, 0.29) is 23.7 Å². The second-order valence-corrected chi connectivity index (χ2v) is 6.42. The molecule has 1 fully saturated rings. The van der Waals surface area contributed by atoms with Crippen molar-refractivity contribution >= 4 is 17.7 Å². The molecule has 0 bridgehead atoms. The number of carbonyl (C=O) groups excluding carboxylic acids is 1. The van der Waals surface area contributed by atoms with Crippen LogP contribution in [0.1, 0.15) is 25.7 Å². The summed E-state index contributed by atoms with van der Waals surface area (Å²) >= 11 is 1.36. The van der Waals surface area contributed by atoms with Gasteiger partial charge in [0.25, 0.3) is 0 Å². The van der Waals surface area contributed by atoms with Crippen molar-refractivity contribution in [1.29, 1.82) is 0 Å². The zero-order valence-corrected chi connectivity index (χ0v) is 12.2. The lowest BCUT2D eigenvalue weighted by Crippen LogP contribution is -2.30. The SMILES string of the molecule is O=C(CCSc1ccccc1F)NCC1(CCO)CC1. The highest BCUT2D eigenvalue weighted by molar-refractivity contribution is 7.99. The molecule has 0 aliphatic heterocycles. The molecule has 0 spiro atoms. The van der Waals surface area contributed by atoms with Crippen LogP contribution in [0.3, 0.4) is 0 Å². The van der Waals surface area contributed by atoms with Gasteiger partial charge in [-0.2, -0.15) is 0 Å². The van der Waals surface area contributed by atoms with Crippen LogP contribution in [0.2, 0.25) is 0 Å². The second kappa shape index (κ2) is 7.09. The minimum Gasteiger partial charge on any atom is -0.396 e. The number of aliphatic hydroxyl groups is 1. The summed E-state index contributed by atoms with van der Waals surface area (Å²) in [5.41, 5.74) is 0.142. The van der Waals surface area contributed by atoms with Gasteiger partial charge in [0.2, 0.25) is 5.91 Å². The molecular formula is C15H20FNO2S. The Morgan fingerprint density at radius 2 is 2.15 bits per heavy atom. The van der Waals surface area contributed by atoms with Crippen molar-refractivity contribution in [1.82, 2.24) is 5.32 Å². The zero-order chi connectivity index (χ0) is 14.4. The molecule has 1 aromatic rings. The van der Waals surface area contributed by atoms with Gasteiger partial charge in [0.15, 0.2) is 0 Å². The van der Waals surface area contributed by atoms with Crippen LogP contribution in [-0.2, 0) is 4.79 Å². The van der Waals surface area contributed by atoms with Crippen LogP contribution in [0.4, 0.5) is 4.39 Å². The molecule has 1 aliphatic rings. The number of halogens is 1. The van der Waals surface area contributed by atoms with Gasteiger partial charge in [0, 0.05) is 30.2 Å². The van der Waals surface area contributed by atoms with Crippen LogP contribution in [0.25, 0.3) is 0 Å². The molecule has 0 unspecified atom stereocenters. The number of hydrogen-bond acceptors (Lipinski definition) is 3. The van der Waals surface area contributed by atoms with E-state index in [1.54, 1.807) is 18.2 Å². The maximum Gasteiger partial charge on any atom is 0.220 e. The number of thioether (sulfide) groups is 1. The molecule has 1 amide bonds. The summed E-state index contributed by atoms with van der Waals surface area (Å²) in [7, 11) is 0. The molecule has 1 aromatic carbocycles. The quantitative estimate of drug-likeness (QED) is 0.725. The van der Waals surface area contributed by atoms with E-state index in [1.807, 2.05) is 0 Å². The topological polar surface area (TPSA) is 49.3 Å². The van der Waals surface area contributed by atoms with Crippen LogP contribution < -0.4 is 5.32 Å². The van der Waals surface area contributed by atoms with Gasteiger partial charge in [0.1, 0.15) is 5.82 Å². The van der Waals surface area contributed by atoms with E-state index in [0.29, 0.717) is 23.6 Å². The van der Waals surface area contributed by atoms with Crippen molar-refractivity contribution in [3.8, 4) is 0 Å². The molecule has 110 valence electrons. The minimum absolute atomic E-state index is 0.00180. The summed E-state index contributed by atoms with van der Waals surface area (Å²) < 4.78 is 13.4. The highest BCUT2D eigenvalue weighted by Crippen LogP contribution is 2.47. The predicted molar refractivity (Wildman–Crippen MR) is 78.1 cm³/mol. The first-order chi connectivity index (χ1) is 9.65. The number of amides is 1. The molecule has 0 saturated heterocycles. The fourth-order valence-corrected chi connectivity index (χ4v) is 3.01. The van der Waals surface area contributed by atoms with Gasteiger partial charge in [-0.15, -0.1) is 11.8 Å². The fraction of sp³-hybridized carbons (Fsp3) is 0.533. The van der Waals surface area contributed by atoms with Gasteiger partial charge in [-0.25, -0.2) is 4.39 Å². The number of benzene rings is 1. The molecule has 5 heteroatoms. The third kappa shape index (κ3) is 4.49. The summed E-state index contributed by atoms with van der Waals surface area (Å²) in [6.07, 6.45) is 3.31. The lowest BCUT2D eigenvalue weighted by molar-refractivity contribution is -0.120. The molecule has 0 atom stereocenters.